The van der Waals surface area contributed by atoms with Crippen molar-refractivity contribution in [1.29, 1.82) is 0 Å². The van der Waals surface area contributed by atoms with Crippen molar-refractivity contribution in [2.24, 2.45) is 5.92 Å². The predicted octanol–water partition coefficient (Wildman–Crippen LogP) is 5.48. The summed E-state index contributed by atoms with van der Waals surface area (Å²) in [7, 11) is 0. The maximum absolute atomic E-state index is 14.1. The van der Waals surface area contributed by atoms with Gasteiger partial charge in [0.25, 0.3) is 0 Å². The highest BCUT2D eigenvalue weighted by atomic mass is 35.5. The zero-order valence-corrected chi connectivity index (χ0v) is 26.0. The minimum atomic E-state index is -0.847. The van der Waals surface area contributed by atoms with Crippen molar-refractivity contribution in [1.82, 2.24) is 4.57 Å². The van der Waals surface area contributed by atoms with E-state index >= 15 is 0 Å². The van der Waals surface area contributed by atoms with Gasteiger partial charge in [0.2, 0.25) is 17.7 Å². The molecule has 1 fully saturated rings. The Hall–Kier alpha value is -4.19. The van der Waals surface area contributed by atoms with Crippen LogP contribution in [0.4, 0.5) is 11.4 Å². The molecule has 2 aliphatic heterocycles. The number of nitrogens with one attached hydrogen (secondary N) is 1. The number of esters is 1. The monoisotopic (exact) mass is 647 g/mol. The molecule has 1 aromatic heterocycles. The Morgan fingerprint density at radius 2 is 1.66 bits per heavy atom. The lowest BCUT2D eigenvalue weighted by atomic mass is 9.83. The van der Waals surface area contributed by atoms with Gasteiger partial charge < -0.3 is 10.1 Å². The van der Waals surface area contributed by atoms with E-state index in [1.165, 1.54) is 16.7 Å². The summed E-state index contributed by atoms with van der Waals surface area (Å²) in [5.74, 6) is -3.16. The number of amides is 3. The number of hydrogen-bond acceptors (Lipinski definition) is 8. The maximum Gasteiger partial charge on any atom is 0.338 e. The van der Waals surface area contributed by atoms with E-state index < -0.39 is 34.9 Å². The number of para-hydroxylation sites is 1. The number of aryl methyl sites for hydroxylation is 1. The SMILES string of the molecule is CCOC(=O)c1ccc(N2C(=O)C3Sc4c(sc(=O)n4CC(=O)Nc4ccccc4C)[C@H](c4ccc(Cl)cc4)C3C2=O)cc1. The number of anilines is 2. The van der Waals surface area contributed by atoms with Crippen molar-refractivity contribution in [2.45, 2.75) is 36.6 Å². The van der Waals surface area contributed by atoms with Crippen molar-refractivity contribution in [2.75, 3.05) is 16.8 Å². The van der Waals surface area contributed by atoms with Crippen LogP contribution >= 0.6 is 34.7 Å². The van der Waals surface area contributed by atoms with E-state index in [2.05, 4.69) is 5.32 Å². The highest BCUT2D eigenvalue weighted by Crippen LogP contribution is 2.54. The fourth-order valence-electron chi connectivity index (χ4n) is 5.55. The van der Waals surface area contributed by atoms with E-state index in [4.69, 9.17) is 16.3 Å². The Morgan fingerprint density at radius 3 is 2.34 bits per heavy atom. The van der Waals surface area contributed by atoms with Crippen LogP contribution in [0.2, 0.25) is 5.02 Å². The number of rotatable bonds is 7. The number of fused-ring (bicyclic) bond motifs is 2. The molecule has 2 unspecified atom stereocenters. The summed E-state index contributed by atoms with van der Waals surface area (Å²) in [4.78, 5) is 68.0. The predicted molar refractivity (Wildman–Crippen MR) is 170 cm³/mol. The Bertz CT molecular complexity index is 1850. The van der Waals surface area contributed by atoms with Crippen LogP contribution in [0.3, 0.4) is 0 Å². The van der Waals surface area contributed by atoms with E-state index in [0.717, 1.165) is 39.1 Å². The van der Waals surface area contributed by atoms with Crippen molar-refractivity contribution < 1.29 is 23.9 Å². The molecule has 9 nitrogen and oxygen atoms in total. The van der Waals surface area contributed by atoms with Crippen molar-refractivity contribution >= 4 is 69.8 Å². The fraction of sp³-hybridized carbons (Fsp3) is 0.219. The molecule has 1 saturated heterocycles. The van der Waals surface area contributed by atoms with Gasteiger partial charge in [-0.3, -0.25) is 23.7 Å². The number of halogens is 1. The van der Waals surface area contributed by atoms with Gasteiger partial charge in [0, 0.05) is 21.5 Å². The quantitative estimate of drug-likeness (QED) is 0.209. The molecule has 224 valence electrons. The molecule has 1 N–H and O–H groups in total. The Labute approximate surface area is 265 Å². The molecule has 12 heteroatoms. The molecule has 6 rings (SSSR count). The third-order valence-electron chi connectivity index (χ3n) is 7.64. The third kappa shape index (κ3) is 5.36. The topological polar surface area (TPSA) is 115 Å². The molecule has 3 amide bonds. The van der Waals surface area contributed by atoms with Crippen LogP contribution in [0.25, 0.3) is 0 Å². The lowest BCUT2D eigenvalue weighted by Gasteiger charge is -2.30. The molecule has 0 aliphatic carbocycles. The Kier molecular flexibility index (Phi) is 8.19. The number of imide groups is 1. The number of hydrogen-bond donors (Lipinski definition) is 1. The van der Waals surface area contributed by atoms with Gasteiger partial charge in [0.1, 0.15) is 11.8 Å². The normalized spacial score (nSPS) is 19.0. The van der Waals surface area contributed by atoms with E-state index in [1.54, 1.807) is 49.4 Å². The zero-order chi connectivity index (χ0) is 31.1. The van der Waals surface area contributed by atoms with Crippen molar-refractivity contribution in [3.05, 3.63) is 109 Å². The molecule has 4 aromatic rings. The number of ether oxygens (including phenoxy) is 1. The summed E-state index contributed by atoms with van der Waals surface area (Å²) >= 11 is 8.28. The lowest BCUT2D eigenvalue weighted by Crippen LogP contribution is -2.33. The first-order chi connectivity index (χ1) is 21.2. The molecule has 0 spiro atoms. The number of nitrogens with zero attached hydrogens (tertiary/aromatic N) is 2. The summed E-state index contributed by atoms with van der Waals surface area (Å²) in [6.45, 7) is 3.55. The van der Waals surface area contributed by atoms with Gasteiger partial charge in [0.15, 0.2) is 0 Å². The average Bonchev–Trinajstić information content (AvgIpc) is 3.45. The number of carbonyl (C=O) groups is 4. The van der Waals surface area contributed by atoms with Gasteiger partial charge >= 0.3 is 10.8 Å². The zero-order valence-electron chi connectivity index (χ0n) is 23.6. The van der Waals surface area contributed by atoms with Gasteiger partial charge in [-0.25, -0.2) is 9.69 Å². The van der Waals surface area contributed by atoms with Crippen LogP contribution in [0.1, 0.15) is 39.2 Å². The van der Waals surface area contributed by atoms with E-state index in [0.29, 0.717) is 31.9 Å². The molecule has 3 atom stereocenters. The number of aromatic nitrogens is 1. The second kappa shape index (κ2) is 12.1. The maximum atomic E-state index is 14.1. The van der Waals surface area contributed by atoms with Crippen LogP contribution < -0.4 is 15.1 Å². The van der Waals surface area contributed by atoms with Gasteiger partial charge in [-0.15, -0.1) is 0 Å². The van der Waals surface area contributed by atoms with Crippen molar-refractivity contribution in [3.63, 3.8) is 0 Å². The largest absolute Gasteiger partial charge is 0.462 e. The number of carbonyl (C=O) groups excluding carboxylic acids is 4. The van der Waals surface area contributed by atoms with Crippen LogP contribution in [0.5, 0.6) is 0 Å². The minimum absolute atomic E-state index is 0.221. The molecule has 2 aliphatic rings. The molecule has 3 heterocycles. The van der Waals surface area contributed by atoms with Gasteiger partial charge in [-0.2, -0.15) is 0 Å². The standard InChI is InChI=1S/C32H26ClN3O6S2/c1-3-42-31(40)19-10-14-21(15-11-19)36-28(38)25-24(18-8-12-20(33)13-9-18)27-30(43-26(25)29(36)39)35(32(41)44-27)16-23(37)34-22-7-5-4-6-17(22)2/h4-15,24-26H,3,16H2,1-2H3,(H,34,37)/t24-,25?,26?/m1/s1. The first-order valence-corrected chi connectivity index (χ1v) is 15.9. The van der Waals surface area contributed by atoms with Crippen LogP contribution in [-0.2, 0) is 25.7 Å². The Balaban J connectivity index is 1.37. The van der Waals surface area contributed by atoms with Crippen LogP contribution in [-0.4, -0.2) is 40.1 Å². The summed E-state index contributed by atoms with van der Waals surface area (Å²) in [6.07, 6.45) is 0. The first kappa shape index (κ1) is 29.9. The third-order valence-corrected chi connectivity index (χ3v) is 10.5. The second-order valence-electron chi connectivity index (χ2n) is 10.4. The fourth-order valence-corrected chi connectivity index (χ4v) is 8.45. The molecule has 0 bridgehead atoms. The second-order valence-corrected chi connectivity index (χ2v) is 12.9. The minimum Gasteiger partial charge on any atom is -0.462 e. The van der Waals surface area contributed by atoms with Gasteiger partial charge in [-0.05, 0) is 67.4 Å². The molecule has 3 aromatic carbocycles. The number of thioether (sulfide) groups is 1. The molecular formula is C32H26ClN3O6S2. The number of thiazole rings is 1. The highest BCUT2D eigenvalue weighted by Gasteiger charge is 2.56. The summed E-state index contributed by atoms with van der Waals surface area (Å²) < 4.78 is 6.42. The Morgan fingerprint density at radius 1 is 0.955 bits per heavy atom. The summed E-state index contributed by atoms with van der Waals surface area (Å²) in [5, 5.41) is 3.01. The van der Waals surface area contributed by atoms with E-state index in [1.807, 2.05) is 25.1 Å². The van der Waals surface area contributed by atoms with Gasteiger partial charge in [0.05, 0.1) is 28.8 Å². The molecule has 44 heavy (non-hydrogen) atoms. The summed E-state index contributed by atoms with van der Waals surface area (Å²) in [5.41, 5.74) is 2.88. The smallest absolute Gasteiger partial charge is 0.338 e. The first-order valence-electron chi connectivity index (χ1n) is 13.8. The number of benzene rings is 3. The summed E-state index contributed by atoms with van der Waals surface area (Å²) in [6, 6.07) is 20.4. The van der Waals surface area contributed by atoms with E-state index in [9.17, 15) is 24.0 Å². The van der Waals surface area contributed by atoms with Crippen LogP contribution in [0.15, 0.2) is 82.6 Å². The van der Waals surface area contributed by atoms with E-state index in [-0.39, 0.29) is 23.9 Å². The molecule has 0 radical (unpaired) electrons. The molecule has 0 saturated carbocycles. The highest BCUT2D eigenvalue weighted by molar-refractivity contribution is 8.00. The molecular weight excluding hydrogens is 622 g/mol. The average molecular weight is 648 g/mol. The lowest BCUT2D eigenvalue weighted by molar-refractivity contribution is -0.122. The van der Waals surface area contributed by atoms with Crippen molar-refractivity contribution in [3.8, 4) is 0 Å². The van der Waals surface area contributed by atoms with Gasteiger partial charge in [-0.1, -0.05) is 65.0 Å². The van der Waals surface area contributed by atoms with Crippen LogP contribution in [0, 0.1) is 12.8 Å².